The van der Waals surface area contributed by atoms with E-state index in [0.29, 0.717) is 6.42 Å². The van der Waals surface area contributed by atoms with Crippen molar-refractivity contribution in [3.63, 3.8) is 0 Å². The van der Waals surface area contributed by atoms with Crippen LogP contribution in [-0.2, 0) is 16.1 Å². The van der Waals surface area contributed by atoms with Gasteiger partial charge in [0.2, 0.25) is 0 Å². The van der Waals surface area contributed by atoms with Crippen LogP contribution in [0.3, 0.4) is 0 Å². The molecular formula is C13H21NO2S. The number of thiophene rings is 1. The summed E-state index contributed by atoms with van der Waals surface area (Å²) >= 11 is 1.72. The lowest BCUT2D eigenvalue weighted by Gasteiger charge is -2.30. The molecule has 1 rings (SSSR count). The van der Waals surface area contributed by atoms with Crippen molar-refractivity contribution in [1.82, 2.24) is 5.32 Å². The van der Waals surface area contributed by atoms with E-state index < -0.39 is 0 Å². The molecule has 1 aromatic rings. The zero-order valence-electron chi connectivity index (χ0n) is 10.9. The Hall–Kier alpha value is -0.870. The molecular weight excluding hydrogens is 234 g/mol. The van der Waals surface area contributed by atoms with Gasteiger partial charge in [0.15, 0.2) is 0 Å². The Morgan fingerprint density at radius 1 is 1.53 bits per heavy atom. The first kappa shape index (κ1) is 14.2. The van der Waals surface area contributed by atoms with Gasteiger partial charge >= 0.3 is 5.97 Å². The van der Waals surface area contributed by atoms with E-state index >= 15 is 0 Å². The highest BCUT2D eigenvalue weighted by Gasteiger charge is 2.26. The molecule has 0 aromatic carbocycles. The first-order valence-electron chi connectivity index (χ1n) is 5.76. The fraction of sp³-hybridized carbons (Fsp3) is 0.615. The van der Waals surface area contributed by atoms with Crippen LogP contribution in [0.25, 0.3) is 0 Å². The van der Waals surface area contributed by atoms with Gasteiger partial charge in [0, 0.05) is 17.5 Å². The third kappa shape index (κ3) is 4.88. The Morgan fingerprint density at radius 2 is 2.24 bits per heavy atom. The van der Waals surface area contributed by atoms with Crippen molar-refractivity contribution in [3.05, 3.63) is 22.4 Å². The van der Waals surface area contributed by atoms with Crippen LogP contribution < -0.4 is 5.32 Å². The van der Waals surface area contributed by atoms with E-state index in [0.717, 1.165) is 6.54 Å². The maximum atomic E-state index is 11.4. The number of carbonyl (C=O) groups is 1. The predicted molar refractivity (Wildman–Crippen MR) is 71.0 cm³/mol. The second-order valence-corrected chi connectivity index (χ2v) is 6.19. The maximum Gasteiger partial charge on any atom is 0.307 e. The van der Waals surface area contributed by atoms with Crippen molar-refractivity contribution < 1.29 is 9.53 Å². The molecule has 96 valence electrons. The quantitative estimate of drug-likeness (QED) is 0.822. The Morgan fingerprint density at radius 3 is 2.71 bits per heavy atom. The number of methoxy groups -OCH3 is 1. The molecule has 0 bridgehead atoms. The second kappa shape index (κ2) is 6.17. The van der Waals surface area contributed by atoms with Gasteiger partial charge in [-0.2, -0.15) is 0 Å². The fourth-order valence-corrected chi connectivity index (χ4v) is 2.23. The lowest BCUT2D eigenvalue weighted by atomic mass is 9.85. The van der Waals surface area contributed by atoms with E-state index in [-0.39, 0.29) is 17.4 Å². The molecule has 1 N–H and O–H groups in total. The van der Waals surface area contributed by atoms with Gasteiger partial charge in [-0.25, -0.2) is 0 Å². The van der Waals surface area contributed by atoms with Crippen LogP contribution in [0, 0.1) is 5.41 Å². The molecule has 1 unspecified atom stereocenters. The summed E-state index contributed by atoms with van der Waals surface area (Å²) in [5.41, 5.74) is 0.0332. The number of ether oxygens (including phenoxy) is 1. The van der Waals surface area contributed by atoms with Crippen molar-refractivity contribution in [3.8, 4) is 0 Å². The van der Waals surface area contributed by atoms with E-state index in [1.165, 1.54) is 12.0 Å². The number of hydrogen-bond donors (Lipinski definition) is 1. The number of rotatable bonds is 5. The second-order valence-electron chi connectivity index (χ2n) is 5.16. The van der Waals surface area contributed by atoms with Crippen molar-refractivity contribution in [2.24, 2.45) is 5.41 Å². The van der Waals surface area contributed by atoms with E-state index in [2.05, 4.69) is 37.5 Å². The Kier molecular flexibility index (Phi) is 5.15. The number of hydrogen-bond acceptors (Lipinski definition) is 4. The van der Waals surface area contributed by atoms with E-state index in [9.17, 15) is 4.79 Å². The van der Waals surface area contributed by atoms with Gasteiger partial charge in [-0.05, 0) is 16.9 Å². The number of nitrogens with one attached hydrogen (secondary N) is 1. The molecule has 0 aliphatic heterocycles. The summed E-state index contributed by atoms with van der Waals surface area (Å²) in [6, 6.07) is 4.25. The van der Waals surface area contributed by atoms with E-state index in [1.54, 1.807) is 11.3 Å². The first-order chi connectivity index (χ1) is 7.93. The topological polar surface area (TPSA) is 38.3 Å². The fourth-order valence-electron chi connectivity index (χ4n) is 1.57. The molecule has 0 amide bonds. The molecule has 17 heavy (non-hydrogen) atoms. The van der Waals surface area contributed by atoms with Gasteiger partial charge in [0.1, 0.15) is 0 Å². The minimum absolute atomic E-state index is 0.0332. The summed E-state index contributed by atoms with van der Waals surface area (Å²) in [4.78, 5) is 12.7. The average Bonchev–Trinajstić information content (AvgIpc) is 2.74. The normalized spacial score (nSPS) is 13.4. The molecule has 0 aliphatic rings. The van der Waals surface area contributed by atoms with Gasteiger partial charge in [0.25, 0.3) is 0 Å². The zero-order valence-corrected chi connectivity index (χ0v) is 11.8. The first-order valence-corrected chi connectivity index (χ1v) is 6.64. The molecule has 1 heterocycles. The van der Waals surface area contributed by atoms with Gasteiger partial charge in [-0.3, -0.25) is 4.79 Å². The lowest BCUT2D eigenvalue weighted by Crippen LogP contribution is -2.41. The summed E-state index contributed by atoms with van der Waals surface area (Å²) in [5, 5.41) is 5.50. The highest BCUT2D eigenvalue weighted by molar-refractivity contribution is 7.09. The third-order valence-electron chi connectivity index (χ3n) is 2.75. The van der Waals surface area contributed by atoms with Crippen LogP contribution in [0.2, 0.25) is 0 Å². The molecule has 1 aromatic heterocycles. The number of carbonyl (C=O) groups excluding carboxylic acids is 1. The highest BCUT2D eigenvalue weighted by atomic mass is 32.1. The van der Waals surface area contributed by atoms with Crippen LogP contribution in [-0.4, -0.2) is 19.1 Å². The van der Waals surface area contributed by atoms with Crippen molar-refractivity contribution >= 4 is 17.3 Å². The third-order valence-corrected chi connectivity index (χ3v) is 3.62. The molecule has 0 saturated heterocycles. The molecule has 3 nitrogen and oxygen atoms in total. The summed E-state index contributed by atoms with van der Waals surface area (Å²) in [6.45, 7) is 7.18. The molecule has 0 saturated carbocycles. The summed E-state index contributed by atoms with van der Waals surface area (Å²) in [7, 11) is 1.43. The van der Waals surface area contributed by atoms with Gasteiger partial charge in [-0.15, -0.1) is 11.3 Å². The Bertz CT molecular complexity index is 341. The van der Waals surface area contributed by atoms with Gasteiger partial charge in [0.05, 0.1) is 13.5 Å². The van der Waals surface area contributed by atoms with Crippen LogP contribution in [0.15, 0.2) is 17.5 Å². The SMILES string of the molecule is COC(=O)CC(NCc1cccs1)C(C)(C)C. The van der Waals surface area contributed by atoms with Gasteiger partial charge in [-0.1, -0.05) is 26.8 Å². The van der Waals surface area contributed by atoms with Crippen molar-refractivity contribution in [2.45, 2.75) is 39.8 Å². The minimum atomic E-state index is -0.163. The predicted octanol–water partition coefficient (Wildman–Crippen LogP) is 2.82. The standard InChI is InChI=1S/C13H21NO2S/c1-13(2,3)11(8-12(15)16-4)14-9-10-6-5-7-17-10/h5-7,11,14H,8-9H2,1-4H3. The summed E-state index contributed by atoms with van der Waals surface area (Å²) < 4.78 is 4.74. The highest BCUT2D eigenvalue weighted by Crippen LogP contribution is 2.23. The Labute approximate surface area is 107 Å². The lowest BCUT2D eigenvalue weighted by molar-refractivity contribution is -0.141. The van der Waals surface area contributed by atoms with Crippen molar-refractivity contribution in [1.29, 1.82) is 0 Å². The monoisotopic (exact) mass is 255 g/mol. The van der Waals surface area contributed by atoms with Crippen LogP contribution in [0.1, 0.15) is 32.1 Å². The molecule has 0 aliphatic carbocycles. The Balaban J connectivity index is 2.55. The molecule has 0 fully saturated rings. The van der Waals surface area contributed by atoms with Gasteiger partial charge < -0.3 is 10.1 Å². The summed E-state index contributed by atoms with van der Waals surface area (Å²) in [5.74, 6) is -0.163. The molecule has 0 spiro atoms. The minimum Gasteiger partial charge on any atom is -0.469 e. The molecule has 0 radical (unpaired) electrons. The number of esters is 1. The maximum absolute atomic E-state index is 11.4. The van der Waals surface area contributed by atoms with Crippen LogP contribution in [0.4, 0.5) is 0 Å². The average molecular weight is 255 g/mol. The summed E-state index contributed by atoms with van der Waals surface area (Å²) in [6.07, 6.45) is 0.408. The zero-order chi connectivity index (χ0) is 12.9. The largest absolute Gasteiger partial charge is 0.469 e. The van der Waals surface area contributed by atoms with E-state index in [4.69, 9.17) is 4.74 Å². The van der Waals surface area contributed by atoms with Crippen LogP contribution >= 0.6 is 11.3 Å². The molecule has 4 heteroatoms. The van der Waals surface area contributed by atoms with Crippen LogP contribution in [0.5, 0.6) is 0 Å². The van der Waals surface area contributed by atoms with Crippen molar-refractivity contribution in [2.75, 3.05) is 7.11 Å². The smallest absolute Gasteiger partial charge is 0.307 e. The molecule has 1 atom stereocenters. The van der Waals surface area contributed by atoms with E-state index in [1.807, 2.05) is 6.07 Å².